The van der Waals surface area contributed by atoms with Crippen molar-refractivity contribution in [2.75, 3.05) is 0 Å². The number of carbonyl (C=O) groups is 1. The molecule has 28 heavy (non-hydrogen) atoms. The molecule has 1 fully saturated rings. The molecule has 2 unspecified atom stereocenters. The molecule has 2 aliphatic heterocycles. The average molecular weight is 376 g/mol. The molecule has 1 amide bonds. The highest BCUT2D eigenvalue weighted by Gasteiger charge is 2.39. The first kappa shape index (κ1) is 17.8. The second-order valence-electron chi connectivity index (χ2n) is 9.55. The number of piperidine rings is 1. The zero-order valence-electron chi connectivity index (χ0n) is 17.1. The van der Waals surface area contributed by atoms with Gasteiger partial charge in [-0.2, -0.15) is 0 Å². The third kappa shape index (κ3) is 2.92. The number of carbonyl (C=O) groups excluding carboxylic acids is 1. The van der Waals surface area contributed by atoms with Crippen LogP contribution in [-0.4, -0.2) is 28.7 Å². The first-order chi connectivity index (χ1) is 13.4. The van der Waals surface area contributed by atoms with Crippen LogP contribution in [0.2, 0.25) is 0 Å². The van der Waals surface area contributed by atoms with Crippen LogP contribution in [0, 0.1) is 0 Å². The van der Waals surface area contributed by atoms with Crippen molar-refractivity contribution in [3.05, 3.63) is 53.1 Å². The van der Waals surface area contributed by atoms with E-state index in [1.54, 1.807) is 0 Å². The summed E-state index contributed by atoms with van der Waals surface area (Å²) in [6.07, 6.45) is 8.71. The highest BCUT2D eigenvalue weighted by atomic mass is 16.6. The van der Waals surface area contributed by atoms with E-state index in [-0.39, 0.29) is 18.2 Å². The molecule has 2 aromatic carbocycles. The van der Waals surface area contributed by atoms with Gasteiger partial charge in [-0.1, -0.05) is 36.4 Å². The predicted molar refractivity (Wildman–Crippen MR) is 113 cm³/mol. The molecule has 0 aromatic heterocycles. The van der Waals surface area contributed by atoms with Crippen molar-refractivity contribution in [1.29, 1.82) is 0 Å². The lowest BCUT2D eigenvalue weighted by atomic mass is 9.81. The van der Waals surface area contributed by atoms with Crippen molar-refractivity contribution in [2.24, 2.45) is 0 Å². The van der Waals surface area contributed by atoms with Crippen LogP contribution in [0.15, 0.2) is 36.4 Å². The van der Waals surface area contributed by atoms with Gasteiger partial charge >= 0.3 is 6.09 Å². The number of nitrogens with zero attached hydrogens (tertiary/aromatic N) is 1. The Bertz CT molecular complexity index is 972. The van der Waals surface area contributed by atoms with Gasteiger partial charge in [-0.3, -0.25) is 4.90 Å². The van der Waals surface area contributed by atoms with E-state index in [4.69, 9.17) is 4.74 Å². The van der Waals surface area contributed by atoms with Crippen molar-refractivity contribution < 1.29 is 9.53 Å². The first-order valence-corrected chi connectivity index (χ1v) is 10.7. The fourth-order valence-corrected chi connectivity index (χ4v) is 5.36. The van der Waals surface area contributed by atoms with Crippen molar-refractivity contribution in [2.45, 2.75) is 77.0 Å². The lowest BCUT2D eigenvalue weighted by Crippen LogP contribution is -2.53. The summed E-state index contributed by atoms with van der Waals surface area (Å²) in [5.41, 5.74) is 5.29. The zero-order valence-corrected chi connectivity index (χ0v) is 17.1. The smallest absolute Gasteiger partial charge is 0.411 e. The van der Waals surface area contributed by atoms with Crippen molar-refractivity contribution in [1.82, 2.24) is 4.90 Å². The molecule has 2 aromatic rings. The lowest BCUT2D eigenvalue weighted by molar-refractivity contribution is 0.0000927. The van der Waals surface area contributed by atoms with Gasteiger partial charge in [-0.15, -0.1) is 0 Å². The maximum atomic E-state index is 12.9. The molecule has 5 rings (SSSR count). The van der Waals surface area contributed by atoms with Crippen molar-refractivity contribution in [3.8, 4) is 0 Å². The minimum atomic E-state index is -0.451. The van der Waals surface area contributed by atoms with Crippen LogP contribution >= 0.6 is 0 Å². The number of rotatable bonds is 1. The molecule has 1 aliphatic carbocycles. The summed E-state index contributed by atoms with van der Waals surface area (Å²) >= 11 is 0. The molecule has 3 aliphatic rings. The highest BCUT2D eigenvalue weighted by molar-refractivity contribution is 5.99. The Morgan fingerprint density at radius 2 is 1.86 bits per heavy atom. The van der Waals surface area contributed by atoms with Gasteiger partial charge in [0.1, 0.15) is 5.60 Å². The Labute approximate surface area is 167 Å². The molecule has 2 atom stereocenters. The fraction of sp³-hybridized carbons (Fsp3) is 0.480. The van der Waals surface area contributed by atoms with Gasteiger partial charge in [0.15, 0.2) is 0 Å². The van der Waals surface area contributed by atoms with E-state index in [2.05, 4.69) is 36.4 Å². The van der Waals surface area contributed by atoms with Crippen LogP contribution in [0.5, 0.6) is 0 Å². The fourth-order valence-electron chi connectivity index (χ4n) is 5.36. The van der Waals surface area contributed by atoms with E-state index in [0.29, 0.717) is 0 Å². The summed E-state index contributed by atoms with van der Waals surface area (Å²) in [7, 11) is 0. The molecular formula is C25H29NO2. The summed E-state index contributed by atoms with van der Waals surface area (Å²) in [4.78, 5) is 14.9. The van der Waals surface area contributed by atoms with Crippen LogP contribution in [-0.2, 0) is 17.6 Å². The van der Waals surface area contributed by atoms with Gasteiger partial charge in [0.2, 0.25) is 0 Å². The van der Waals surface area contributed by atoms with E-state index in [1.165, 1.54) is 39.5 Å². The summed E-state index contributed by atoms with van der Waals surface area (Å²) in [6.45, 7) is 5.83. The monoisotopic (exact) mass is 375 g/mol. The minimum absolute atomic E-state index is 0.153. The molecule has 3 nitrogen and oxygen atoms in total. The van der Waals surface area contributed by atoms with Gasteiger partial charge < -0.3 is 4.74 Å². The van der Waals surface area contributed by atoms with E-state index < -0.39 is 5.60 Å². The number of hydrogen-bond acceptors (Lipinski definition) is 2. The summed E-state index contributed by atoms with van der Waals surface area (Å²) in [5.74, 6) is 0. The standard InChI is InChI=1S/C25H29NO2/c1-25(2,3)28-24(27)26-19-7-5-8-20(26)15-18(14-19)21-13-12-17-11-10-16-6-4-9-22(21)23(16)17/h4,6,9,12-14,19-20H,5,7-8,10-11,15H2,1-3H3. The van der Waals surface area contributed by atoms with Crippen LogP contribution in [0.25, 0.3) is 16.3 Å². The number of aryl methyl sites for hydroxylation is 2. The number of ether oxygens (including phenoxy) is 1. The van der Waals surface area contributed by atoms with Crippen LogP contribution in [0.3, 0.4) is 0 Å². The number of amides is 1. The zero-order chi connectivity index (χ0) is 19.5. The molecule has 3 heteroatoms. The third-order valence-electron chi connectivity index (χ3n) is 6.46. The van der Waals surface area contributed by atoms with E-state index in [9.17, 15) is 4.79 Å². The first-order valence-electron chi connectivity index (χ1n) is 10.7. The number of benzene rings is 2. The highest BCUT2D eigenvalue weighted by Crippen LogP contribution is 2.41. The van der Waals surface area contributed by atoms with Gasteiger partial charge in [0.05, 0.1) is 6.04 Å². The van der Waals surface area contributed by atoms with Crippen LogP contribution in [0.1, 0.15) is 63.1 Å². The van der Waals surface area contributed by atoms with E-state index in [1.807, 2.05) is 25.7 Å². The molecule has 0 N–H and O–H groups in total. The average Bonchev–Trinajstić information content (AvgIpc) is 3.05. The Hall–Kier alpha value is -2.29. The van der Waals surface area contributed by atoms with Gasteiger partial charge in [0, 0.05) is 6.04 Å². The maximum absolute atomic E-state index is 12.9. The Kier molecular flexibility index (Phi) is 4.04. The SMILES string of the molecule is CC(C)(C)OC(=O)N1C2C=C(c3ccc4c5c(cccc35)CC4)CC1CCC2. The minimum Gasteiger partial charge on any atom is -0.444 e. The molecule has 0 radical (unpaired) electrons. The summed E-state index contributed by atoms with van der Waals surface area (Å²) in [5, 5.41) is 2.86. The molecule has 0 spiro atoms. The molecule has 2 heterocycles. The molecule has 2 bridgehead atoms. The normalized spacial score (nSPS) is 23.7. The molecular weight excluding hydrogens is 346 g/mol. The number of hydrogen-bond donors (Lipinski definition) is 0. The quantitative estimate of drug-likeness (QED) is 0.622. The summed E-state index contributed by atoms with van der Waals surface area (Å²) < 4.78 is 5.72. The molecule has 1 saturated heterocycles. The van der Waals surface area contributed by atoms with Crippen molar-refractivity contribution >= 4 is 22.4 Å². The van der Waals surface area contributed by atoms with Gasteiger partial charge in [-0.25, -0.2) is 4.79 Å². The Morgan fingerprint density at radius 1 is 1.07 bits per heavy atom. The molecule has 146 valence electrons. The molecule has 0 saturated carbocycles. The van der Waals surface area contributed by atoms with Crippen molar-refractivity contribution in [3.63, 3.8) is 0 Å². The predicted octanol–water partition coefficient (Wildman–Crippen LogP) is 5.88. The van der Waals surface area contributed by atoms with Crippen LogP contribution < -0.4 is 0 Å². The second-order valence-corrected chi connectivity index (χ2v) is 9.55. The van der Waals surface area contributed by atoms with E-state index in [0.717, 1.165) is 32.1 Å². The van der Waals surface area contributed by atoms with Gasteiger partial charge in [-0.05, 0) is 92.3 Å². The van der Waals surface area contributed by atoms with Crippen LogP contribution in [0.4, 0.5) is 4.79 Å². The third-order valence-corrected chi connectivity index (χ3v) is 6.46. The summed E-state index contributed by atoms with van der Waals surface area (Å²) in [6, 6.07) is 11.8. The maximum Gasteiger partial charge on any atom is 0.411 e. The second kappa shape index (κ2) is 6.37. The topological polar surface area (TPSA) is 29.5 Å². The Balaban J connectivity index is 1.54. The number of fused-ring (bicyclic) bond motifs is 2. The lowest BCUT2D eigenvalue weighted by Gasteiger charge is -2.45. The van der Waals surface area contributed by atoms with E-state index >= 15 is 0 Å². The van der Waals surface area contributed by atoms with Gasteiger partial charge in [0.25, 0.3) is 0 Å². The Morgan fingerprint density at radius 3 is 2.61 bits per heavy atom. The largest absolute Gasteiger partial charge is 0.444 e.